The van der Waals surface area contributed by atoms with Gasteiger partial charge in [0.25, 0.3) is 0 Å². The molecule has 7 nitrogen and oxygen atoms in total. The second-order valence-corrected chi connectivity index (χ2v) is 6.84. The van der Waals surface area contributed by atoms with E-state index in [-0.39, 0.29) is 5.56 Å². The zero-order valence-electron chi connectivity index (χ0n) is 14.5. The molecule has 2 aliphatic rings. The second kappa shape index (κ2) is 6.84. The highest BCUT2D eigenvalue weighted by Gasteiger charge is 2.21. The Bertz CT molecular complexity index is 781. The van der Waals surface area contributed by atoms with Crippen LogP contribution < -0.4 is 20.7 Å². The van der Waals surface area contributed by atoms with Crippen LogP contribution >= 0.6 is 0 Å². The van der Waals surface area contributed by atoms with Crippen molar-refractivity contribution in [3.05, 3.63) is 45.9 Å². The van der Waals surface area contributed by atoms with Gasteiger partial charge in [0, 0.05) is 44.4 Å². The SMILES string of the molecule is CN(c1ccc(N2CCc3[nH]c(=O)ccc3C2)nn1)C1CCNCC1. The van der Waals surface area contributed by atoms with Gasteiger partial charge >= 0.3 is 0 Å². The van der Waals surface area contributed by atoms with Gasteiger partial charge in [0.05, 0.1) is 0 Å². The molecule has 0 radical (unpaired) electrons. The maximum atomic E-state index is 11.4. The highest BCUT2D eigenvalue weighted by Crippen LogP contribution is 2.23. The van der Waals surface area contributed by atoms with Gasteiger partial charge in [-0.3, -0.25) is 4.79 Å². The summed E-state index contributed by atoms with van der Waals surface area (Å²) in [7, 11) is 2.10. The minimum atomic E-state index is -0.0303. The number of piperidine rings is 1. The zero-order chi connectivity index (χ0) is 17.2. The van der Waals surface area contributed by atoms with E-state index in [1.807, 2.05) is 6.07 Å². The van der Waals surface area contributed by atoms with E-state index in [2.05, 4.69) is 49.5 Å². The fourth-order valence-corrected chi connectivity index (χ4v) is 3.70. The molecule has 0 spiro atoms. The molecule has 2 N–H and O–H groups in total. The molecule has 2 aliphatic heterocycles. The Morgan fingerprint density at radius 1 is 1.16 bits per heavy atom. The molecule has 2 aromatic heterocycles. The van der Waals surface area contributed by atoms with Gasteiger partial charge in [-0.25, -0.2) is 0 Å². The Hall–Kier alpha value is -2.41. The van der Waals surface area contributed by atoms with Crippen LogP contribution in [0.15, 0.2) is 29.1 Å². The number of nitrogens with zero attached hydrogens (tertiary/aromatic N) is 4. The van der Waals surface area contributed by atoms with Crippen molar-refractivity contribution in [1.29, 1.82) is 0 Å². The number of aromatic nitrogens is 3. The first-order valence-corrected chi connectivity index (χ1v) is 8.94. The molecular weight excluding hydrogens is 316 g/mol. The monoisotopic (exact) mass is 340 g/mol. The highest BCUT2D eigenvalue weighted by molar-refractivity contribution is 5.47. The summed E-state index contributed by atoms with van der Waals surface area (Å²) in [4.78, 5) is 18.8. The van der Waals surface area contributed by atoms with E-state index in [1.165, 1.54) is 0 Å². The number of rotatable bonds is 3. The average molecular weight is 340 g/mol. The van der Waals surface area contributed by atoms with Gasteiger partial charge in [-0.15, -0.1) is 10.2 Å². The van der Waals surface area contributed by atoms with Gasteiger partial charge in [0.1, 0.15) is 0 Å². The molecule has 0 amide bonds. The van der Waals surface area contributed by atoms with E-state index in [9.17, 15) is 4.79 Å². The predicted molar refractivity (Wildman–Crippen MR) is 98.1 cm³/mol. The molecular formula is C18H24N6O. The number of nitrogens with one attached hydrogen (secondary N) is 2. The molecule has 4 rings (SSSR count). The number of pyridine rings is 1. The summed E-state index contributed by atoms with van der Waals surface area (Å²) in [5, 5.41) is 12.3. The molecule has 0 atom stereocenters. The standard InChI is InChI=1S/C18H24N6O/c1-23(14-6-9-19-10-7-14)16-3-4-17(22-21-16)24-11-8-15-13(12-24)2-5-18(25)20-15/h2-5,14,19H,6-12H2,1H3,(H,20,25). The van der Waals surface area contributed by atoms with Crippen LogP contribution in [0.1, 0.15) is 24.1 Å². The smallest absolute Gasteiger partial charge is 0.248 e. The number of hydrogen-bond acceptors (Lipinski definition) is 6. The van der Waals surface area contributed by atoms with Crippen LogP contribution in [-0.2, 0) is 13.0 Å². The van der Waals surface area contributed by atoms with Crippen LogP contribution in [0.5, 0.6) is 0 Å². The minimum Gasteiger partial charge on any atom is -0.355 e. The van der Waals surface area contributed by atoms with Crippen LogP contribution in [0.25, 0.3) is 0 Å². The van der Waals surface area contributed by atoms with E-state index < -0.39 is 0 Å². The lowest BCUT2D eigenvalue weighted by Gasteiger charge is -2.33. The van der Waals surface area contributed by atoms with Gasteiger partial charge < -0.3 is 20.1 Å². The molecule has 0 aromatic carbocycles. The third-order valence-corrected chi connectivity index (χ3v) is 5.27. The van der Waals surface area contributed by atoms with E-state index in [1.54, 1.807) is 6.07 Å². The Morgan fingerprint density at radius 3 is 2.76 bits per heavy atom. The van der Waals surface area contributed by atoms with Crippen molar-refractivity contribution >= 4 is 11.6 Å². The first kappa shape index (κ1) is 16.1. The molecule has 0 aliphatic carbocycles. The van der Waals surface area contributed by atoms with Crippen molar-refractivity contribution < 1.29 is 0 Å². The van der Waals surface area contributed by atoms with Crippen LogP contribution in [0.2, 0.25) is 0 Å². The van der Waals surface area contributed by atoms with Crippen molar-refractivity contribution in [3.8, 4) is 0 Å². The fraction of sp³-hybridized carbons (Fsp3) is 0.500. The maximum Gasteiger partial charge on any atom is 0.248 e. The normalized spacial score (nSPS) is 18.0. The molecule has 0 saturated carbocycles. The van der Waals surface area contributed by atoms with E-state index in [4.69, 9.17) is 0 Å². The first-order valence-electron chi connectivity index (χ1n) is 8.94. The van der Waals surface area contributed by atoms with Gasteiger partial charge in [-0.2, -0.15) is 0 Å². The van der Waals surface area contributed by atoms with E-state index in [0.717, 1.165) is 68.3 Å². The summed E-state index contributed by atoms with van der Waals surface area (Å²) in [6.07, 6.45) is 3.10. The summed E-state index contributed by atoms with van der Waals surface area (Å²) in [5.74, 6) is 1.82. The third kappa shape index (κ3) is 3.37. The number of hydrogen-bond donors (Lipinski definition) is 2. The number of aromatic amines is 1. The lowest BCUT2D eigenvalue weighted by Crippen LogP contribution is -2.41. The molecule has 0 unspecified atom stereocenters. The largest absolute Gasteiger partial charge is 0.355 e. The van der Waals surface area contributed by atoms with Crippen molar-refractivity contribution in [2.75, 3.05) is 36.5 Å². The van der Waals surface area contributed by atoms with Crippen LogP contribution in [0.3, 0.4) is 0 Å². The summed E-state index contributed by atoms with van der Waals surface area (Å²) in [6, 6.07) is 8.14. The van der Waals surface area contributed by atoms with Crippen molar-refractivity contribution in [2.45, 2.75) is 31.8 Å². The van der Waals surface area contributed by atoms with Crippen LogP contribution in [-0.4, -0.2) is 47.9 Å². The number of anilines is 2. The van der Waals surface area contributed by atoms with Crippen LogP contribution in [0, 0.1) is 0 Å². The second-order valence-electron chi connectivity index (χ2n) is 6.84. The molecule has 25 heavy (non-hydrogen) atoms. The lowest BCUT2D eigenvalue weighted by atomic mass is 10.1. The van der Waals surface area contributed by atoms with Crippen molar-refractivity contribution in [3.63, 3.8) is 0 Å². The van der Waals surface area contributed by atoms with Gasteiger partial charge in [-0.05, 0) is 43.6 Å². The zero-order valence-corrected chi connectivity index (χ0v) is 14.5. The Kier molecular flexibility index (Phi) is 4.40. The summed E-state index contributed by atoms with van der Waals surface area (Å²) >= 11 is 0. The fourth-order valence-electron chi connectivity index (χ4n) is 3.70. The summed E-state index contributed by atoms with van der Waals surface area (Å²) < 4.78 is 0. The van der Waals surface area contributed by atoms with Gasteiger partial charge in [0.2, 0.25) is 5.56 Å². The lowest BCUT2D eigenvalue weighted by molar-refractivity contribution is 0.441. The van der Waals surface area contributed by atoms with Crippen molar-refractivity contribution in [2.24, 2.45) is 0 Å². The Morgan fingerprint density at radius 2 is 2.00 bits per heavy atom. The molecule has 1 fully saturated rings. The minimum absolute atomic E-state index is 0.0303. The topological polar surface area (TPSA) is 77.2 Å². The highest BCUT2D eigenvalue weighted by atomic mass is 16.1. The van der Waals surface area contributed by atoms with Gasteiger partial charge in [-0.1, -0.05) is 6.07 Å². The molecule has 1 saturated heterocycles. The van der Waals surface area contributed by atoms with E-state index in [0.29, 0.717) is 6.04 Å². The number of H-pyrrole nitrogens is 1. The van der Waals surface area contributed by atoms with Gasteiger partial charge in [0.15, 0.2) is 11.6 Å². The Balaban J connectivity index is 1.47. The summed E-state index contributed by atoms with van der Waals surface area (Å²) in [5.41, 5.74) is 2.17. The third-order valence-electron chi connectivity index (χ3n) is 5.27. The Labute approximate surface area is 147 Å². The maximum absolute atomic E-state index is 11.4. The molecule has 7 heteroatoms. The van der Waals surface area contributed by atoms with E-state index >= 15 is 0 Å². The first-order chi connectivity index (χ1) is 12.2. The quantitative estimate of drug-likeness (QED) is 0.865. The molecule has 132 valence electrons. The number of fused-ring (bicyclic) bond motifs is 1. The van der Waals surface area contributed by atoms with Crippen LogP contribution in [0.4, 0.5) is 11.6 Å². The average Bonchev–Trinajstić information content (AvgIpc) is 2.68. The molecule has 2 aromatic rings. The predicted octanol–water partition coefficient (Wildman–Crippen LogP) is 0.916. The summed E-state index contributed by atoms with van der Waals surface area (Å²) in [6.45, 7) is 3.72. The van der Waals surface area contributed by atoms with Crippen molar-refractivity contribution in [1.82, 2.24) is 20.5 Å². The molecule has 0 bridgehead atoms. The molecule has 4 heterocycles.